The summed E-state index contributed by atoms with van der Waals surface area (Å²) >= 11 is 0. The second-order valence-electron chi connectivity index (χ2n) is 14.0. The van der Waals surface area contributed by atoms with E-state index >= 15 is 0 Å². The molecule has 3 spiro atoms. The van der Waals surface area contributed by atoms with Crippen molar-refractivity contribution in [2.45, 2.75) is 93.0 Å². The summed E-state index contributed by atoms with van der Waals surface area (Å²) in [7, 11) is 0. The number of aliphatic hydroxyl groups is 2. The van der Waals surface area contributed by atoms with Gasteiger partial charge in [-0.2, -0.15) is 0 Å². The number of carbonyl (C=O) groups is 4. The molecule has 2 N–H and O–H groups in total. The standard InChI is InChI=1S/C28H30O12/c1-22-9-16-24(3)28-17(22)19(31)27(39-28,35-10-13(22)20(32)36-16)12-8-15(29)26-7-5-14(38-40-26)18(30)23(26,2)11(12)4-6-25(28,34)21(33)37-24/h5,7,11-17,29,34H,4,6,8-10H2,1-3H3/t11?,12?,13-,14+,15+,16+,17?,22+,23-,24-,25?,26+,27?,28?/m0/s1. The zero-order valence-electron chi connectivity index (χ0n) is 22.2. The maximum absolute atomic E-state index is 15.0. The van der Waals surface area contributed by atoms with Crippen LogP contribution in [0.1, 0.15) is 46.5 Å². The Morgan fingerprint density at radius 3 is 2.55 bits per heavy atom. The highest BCUT2D eigenvalue weighted by molar-refractivity contribution is 6.00. The van der Waals surface area contributed by atoms with Gasteiger partial charge in [0.1, 0.15) is 6.10 Å². The molecule has 8 fully saturated rings. The number of aliphatic hydroxyl groups excluding tert-OH is 1. The van der Waals surface area contributed by atoms with Crippen LogP contribution in [0.3, 0.4) is 0 Å². The van der Waals surface area contributed by atoms with Gasteiger partial charge in [0.2, 0.25) is 5.79 Å². The maximum Gasteiger partial charge on any atom is 0.342 e. The van der Waals surface area contributed by atoms with Gasteiger partial charge in [-0.1, -0.05) is 6.92 Å². The molecule has 0 amide bonds. The molecular weight excluding hydrogens is 528 g/mol. The fraction of sp³-hybridized carbons (Fsp3) is 0.786. The number of esters is 2. The van der Waals surface area contributed by atoms with E-state index in [1.54, 1.807) is 32.9 Å². The Morgan fingerprint density at radius 2 is 1.82 bits per heavy atom. The Bertz CT molecular complexity index is 1390. The molecule has 2 saturated carbocycles. The van der Waals surface area contributed by atoms with Crippen LogP contribution in [0.2, 0.25) is 0 Å². The van der Waals surface area contributed by atoms with E-state index in [9.17, 15) is 29.4 Å². The molecule has 40 heavy (non-hydrogen) atoms. The fourth-order valence-electron chi connectivity index (χ4n) is 10.9. The molecule has 0 radical (unpaired) electrons. The monoisotopic (exact) mass is 558 g/mol. The van der Waals surface area contributed by atoms with E-state index in [-0.39, 0.29) is 38.1 Å². The second kappa shape index (κ2) is 6.40. The average molecular weight is 559 g/mol. The molecule has 3 aliphatic carbocycles. The van der Waals surface area contributed by atoms with Crippen LogP contribution in [0, 0.1) is 34.5 Å². The minimum Gasteiger partial charge on any atom is -0.458 e. The molecule has 0 aromatic heterocycles. The normalized spacial score (nSPS) is 63.7. The van der Waals surface area contributed by atoms with E-state index in [1.807, 2.05) is 0 Å². The fourth-order valence-corrected chi connectivity index (χ4v) is 10.9. The van der Waals surface area contributed by atoms with Crippen molar-refractivity contribution in [3.8, 4) is 0 Å². The summed E-state index contributed by atoms with van der Waals surface area (Å²) in [4.78, 5) is 67.1. The van der Waals surface area contributed by atoms with Crippen molar-refractivity contribution in [3.63, 3.8) is 0 Å². The third-order valence-electron chi connectivity index (χ3n) is 12.9. The third kappa shape index (κ3) is 1.96. The SMILES string of the molecule is C[C@@]12C[C@H]3OC(=O)[C@@H]1COC14OC5(C2C1=O)C(O)(CCC1C4C[C@@H](O)[C@@]24C=C[C@@H](OO2)C(=O)[C@]14C)C(=O)O[C@@]35C. The molecule has 12 heteroatoms. The minimum absolute atomic E-state index is 0.0559. The van der Waals surface area contributed by atoms with E-state index in [2.05, 4.69) is 0 Å². The molecule has 214 valence electrons. The first-order chi connectivity index (χ1) is 18.8. The maximum atomic E-state index is 15.0. The van der Waals surface area contributed by atoms with Gasteiger partial charge in [0.25, 0.3) is 0 Å². The van der Waals surface area contributed by atoms with Crippen LogP contribution >= 0.6 is 0 Å². The van der Waals surface area contributed by atoms with Crippen LogP contribution in [0.5, 0.6) is 0 Å². The number of ketones is 2. The first-order valence-corrected chi connectivity index (χ1v) is 14.1. The lowest BCUT2D eigenvalue weighted by molar-refractivity contribution is -0.441. The molecule has 6 saturated heterocycles. The number of hydrogen-bond donors (Lipinski definition) is 2. The van der Waals surface area contributed by atoms with Crippen molar-refractivity contribution >= 4 is 23.5 Å². The van der Waals surface area contributed by atoms with Crippen molar-refractivity contribution < 1.29 is 58.1 Å². The molecule has 0 aromatic carbocycles. The number of hydrogen-bond acceptors (Lipinski definition) is 12. The molecule has 7 heterocycles. The van der Waals surface area contributed by atoms with Gasteiger partial charge in [0.15, 0.2) is 40.1 Å². The van der Waals surface area contributed by atoms with Crippen LogP contribution in [0.15, 0.2) is 12.2 Å². The van der Waals surface area contributed by atoms with Gasteiger partial charge < -0.3 is 29.2 Å². The topological polar surface area (TPSA) is 164 Å². The van der Waals surface area contributed by atoms with Gasteiger partial charge in [-0.15, -0.1) is 0 Å². The Kier molecular flexibility index (Phi) is 3.90. The number of carbonyl (C=O) groups excluding carboxylic acids is 4. The Balaban J connectivity index is 1.33. The van der Waals surface area contributed by atoms with Gasteiger partial charge in [0, 0.05) is 5.92 Å². The van der Waals surface area contributed by atoms with Crippen LogP contribution in [0.25, 0.3) is 0 Å². The van der Waals surface area contributed by atoms with E-state index in [1.165, 1.54) is 0 Å². The van der Waals surface area contributed by atoms with Crippen molar-refractivity contribution in [2.24, 2.45) is 34.5 Å². The highest BCUT2D eigenvalue weighted by Gasteiger charge is 2.93. The molecule has 0 aromatic rings. The molecular formula is C28H30O12. The van der Waals surface area contributed by atoms with Crippen molar-refractivity contribution in [3.05, 3.63) is 12.2 Å². The van der Waals surface area contributed by atoms with E-state index in [4.69, 9.17) is 28.7 Å². The molecule has 10 rings (SSSR count). The van der Waals surface area contributed by atoms with Crippen LogP contribution in [-0.4, -0.2) is 86.8 Å². The molecule has 7 bridgehead atoms. The van der Waals surface area contributed by atoms with Gasteiger partial charge >= 0.3 is 11.9 Å². The Morgan fingerprint density at radius 1 is 1.05 bits per heavy atom. The summed E-state index contributed by atoms with van der Waals surface area (Å²) in [6.45, 7) is 4.84. The lowest BCUT2D eigenvalue weighted by Gasteiger charge is -2.65. The zero-order valence-corrected chi connectivity index (χ0v) is 22.2. The van der Waals surface area contributed by atoms with E-state index in [0.29, 0.717) is 0 Å². The summed E-state index contributed by atoms with van der Waals surface area (Å²) < 4.78 is 25.1. The molecule has 10 aliphatic rings. The van der Waals surface area contributed by atoms with E-state index < -0.39 is 98.7 Å². The van der Waals surface area contributed by atoms with Gasteiger partial charge in [-0.3, -0.25) is 14.4 Å². The van der Waals surface area contributed by atoms with Crippen LogP contribution in [-0.2, 0) is 47.9 Å². The molecule has 12 nitrogen and oxygen atoms in total. The summed E-state index contributed by atoms with van der Waals surface area (Å²) in [6, 6.07) is 0. The van der Waals surface area contributed by atoms with Crippen molar-refractivity contribution in [1.82, 2.24) is 0 Å². The van der Waals surface area contributed by atoms with Gasteiger partial charge in [-0.05, 0) is 63.0 Å². The number of Topliss-reactive ketones (excluding diaryl/α,β-unsaturated/α-hetero) is 2. The number of fused-ring (bicyclic) bond motifs is 4. The number of ether oxygens (including phenoxy) is 4. The minimum atomic E-state index is -2.30. The van der Waals surface area contributed by atoms with Crippen molar-refractivity contribution in [2.75, 3.05) is 6.61 Å². The number of rotatable bonds is 0. The Hall–Kier alpha value is -2.22. The predicted octanol–water partition coefficient (Wildman–Crippen LogP) is -0.329. The van der Waals surface area contributed by atoms with Gasteiger partial charge in [0.05, 0.1) is 30.0 Å². The lowest BCUT2D eigenvalue weighted by atomic mass is 9.46. The van der Waals surface area contributed by atoms with Gasteiger partial charge in [-0.25, -0.2) is 14.6 Å². The van der Waals surface area contributed by atoms with Crippen LogP contribution in [0.4, 0.5) is 0 Å². The second-order valence-corrected chi connectivity index (χ2v) is 14.0. The lowest BCUT2D eigenvalue weighted by Crippen LogP contribution is -2.80. The first-order valence-electron chi connectivity index (χ1n) is 14.1. The smallest absolute Gasteiger partial charge is 0.342 e. The highest BCUT2D eigenvalue weighted by atomic mass is 17.2. The first kappa shape index (κ1) is 24.4. The predicted molar refractivity (Wildman–Crippen MR) is 124 cm³/mol. The third-order valence-corrected chi connectivity index (χ3v) is 12.9. The van der Waals surface area contributed by atoms with Crippen molar-refractivity contribution in [1.29, 1.82) is 0 Å². The quantitative estimate of drug-likeness (QED) is 0.226. The molecule has 7 aliphatic heterocycles. The summed E-state index contributed by atoms with van der Waals surface area (Å²) in [5.74, 6) is -8.03. The molecule has 14 atom stereocenters. The van der Waals surface area contributed by atoms with Crippen LogP contribution < -0.4 is 0 Å². The highest BCUT2D eigenvalue weighted by Crippen LogP contribution is 2.75. The average Bonchev–Trinajstić information content (AvgIpc) is 3.23. The molecule has 6 unspecified atom stereocenters. The summed E-state index contributed by atoms with van der Waals surface area (Å²) in [5, 5.41) is 24.1. The largest absolute Gasteiger partial charge is 0.458 e. The Labute approximate surface area is 228 Å². The summed E-state index contributed by atoms with van der Waals surface area (Å²) in [5.41, 5.74) is -9.90. The zero-order chi connectivity index (χ0) is 28.0. The summed E-state index contributed by atoms with van der Waals surface area (Å²) in [6.07, 6.45) is 0.0468. The van der Waals surface area contributed by atoms with E-state index in [0.717, 1.165) is 0 Å².